The Balaban J connectivity index is 3.46. The molecule has 0 bridgehead atoms. The van der Waals surface area contributed by atoms with Crippen LogP contribution in [0.2, 0.25) is 0 Å². The van der Waals surface area contributed by atoms with E-state index in [9.17, 15) is 0 Å². The van der Waals surface area contributed by atoms with Gasteiger partial charge < -0.3 is 0 Å². The zero-order chi connectivity index (χ0) is 11.5. The summed E-state index contributed by atoms with van der Waals surface area (Å²) >= 11 is 0. The van der Waals surface area contributed by atoms with Crippen LogP contribution in [0, 0.1) is 0 Å². The van der Waals surface area contributed by atoms with E-state index in [0.717, 1.165) is 0 Å². The van der Waals surface area contributed by atoms with E-state index in [4.69, 9.17) is 15.4 Å². The highest BCUT2D eigenvalue weighted by Crippen LogP contribution is 2.10. The van der Waals surface area contributed by atoms with Crippen molar-refractivity contribution >= 4 is 0 Å². The average molecular weight is 228 g/mol. The standard InChI is InChI=1S/C7H16O8/c1-3-7(5-4-6(2)10-8)11-13-15-14-12-9/h6-9H,3-5H2,1-2H3/t6-,7+/m1/s1. The van der Waals surface area contributed by atoms with Gasteiger partial charge in [0.25, 0.3) is 0 Å². The maximum atomic E-state index is 8.31. The van der Waals surface area contributed by atoms with Crippen molar-refractivity contribution in [2.45, 2.75) is 45.3 Å². The zero-order valence-electron chi connectivity index (χ0n) is 8.62. The first-order chi connectivity index (χ1) is 7.24. The van der Waals surface area contributed by atoms with E-state index >= 15 is 0 Å². The summed E-state index contributed by atoms with van der Waals surface area (Å²) in [6, 6.07) is 0. The van der Waals surface area contributed by atoms with Crippen LogP contribution in [0.1, 0.15) is 33.1 Å². The van der Waals surface area contributed by atoms with Gasteiger partial charge in [0.15, 0.2) is 0 Å². The van der Waals surface area contributed by atoms with Crippen LogP contribution in [-0.2, 0) is 29.9 Å². The third kappa shape index (κ3) is 8.66. The largest absolute Gasteiger partial charge is 0.252 e. The van der Waals surface area contributed by atoms with Gasteiger partial charge >= 0.3 is 0 Å². The monoisotopic (exact) mass is 228 g/mol. The Morgan fingerprint density at radius 1 is 1.07 bits per heavy atom. The first-order valence-corrected chi connectivity index (χ1v) is 4.51. The Hall–Kier alpha value is -0.320. The molecule has 0 heterocycles. The molecule has 0 amide bonds. The van der Waals surface area contributed by atoms with Gasteiger partial charge in [0, 0.05) is 0 Å². The molecule has 0 spiro atoms. The van der Waals surface area contributed by atoms with Crippen molar-refractivity contribution in [3.63, 3.8) is 0 Å². The first-order valence-electron chi connectivity index (χ1n) is 4.51. The minimum atomic E-state index is -0.277. The van der Waals surface area contributed by atoms with E-state index in [1.165, 1.54) is 0 Å². The van der Waals surface area contributed by atoms with Crippen LogP contribution in [-0.4, -0.2) is 22.7 Å². The maximum absolute atomic E-state index is 8.31. The van der Waals surface area contributed by atoms with Gasteiger partial charge in [-0.3, -0.25) is 5.26 Å². The second kappa shape index (κ2) is 10.2. The lowest BCUT2D eigenvalue weighted by Crippen LogP contribution is -2.16. The minimum Gasteiger partial charge on any atom is -0.252 e. The Morgan fingerprint density at radius 2 is 1.80 bits per heavy atom. The molecule has 0 aromatic carbocycles. The third-order valence-electron chi connectivity index (χ3n) is 1.79. The SMILES string of the molecule is CC[C@@H](CC[C@@H](C)OO)OOOOOO. The number of hydrogen-bond donors (Lipinski definition) is 2. The third-order valence-corrected chi connectivity index (χ3v) is 1.79. The zero-order valence-corrected chi connectivity index (χ0v) is 8.62. The summed E-state index contributed by atoms with van der Waals surface area (Å²) in [6.07, 6.45) is 1.34. The minimum absolute atomic E-state index is 0.245. The van der Waals surface area contributed by atoms with Crippen molar-refractivity contribution in [2.24, 2.45) is 0 Å². The Bertz CT molecular complexity index is 132. The maximum Gasteiger partial charge on any atom is 0.0960 e. The molecule has 0 radical (unpaired) electrons. The average Bonchev–Trinajstić information content (AvgIpc) is 2.27. The van der Waals surface area contributed by atoms with Crippen molar-refractivity contribution in [2.75, 3.05) is 0 Å². The fraction of sp³-hybridized carbons (Fsp3) is 1.00. The van der Waals surface area contributed by atoms with Crippen LogP contribution in [0.5, 0.6) is 0 Å². The van der Waals surface area contributed by atoms with Gasteiger partial charge in [0.1, 0.15) is 0 Å². The van der Waals surface area contributed by atoms with Gasteiger partial charge in [-0.1, -0.05) is 6.92 Å². The number of hydrogen-bond acceptors (Lipinski definition) is 8. The highest BCUT2D eigenvalue weighted by Gasteiger charge is 2.11. The topological polar surface area (TPSA) is 95.8 Å². The summed E-state index contributed by atoms with van der Waals surface area (Å²) in [5.74, 6) is 0. The molecule has 2 N–H and O–H groups in total. The van der Waals surface area contributed by atoms with Crippen molar-refractivity contribution in [3.05, 3.63) is 0 Å². The van der Waals surface area contributed by atoms with Crippen molar-refractivity contribution < 1.29 is 40.4 Å². The van der Waals surface area contributed by atoms with Crippen molar-refractivity contribution in [1.29, 1.82) is 0 Å². The molecule has 8 heteroatoms. The van der Waals surface area contributed by atoms with E-state index in [2.05, 4.69) is 25.0 Å². The predicted molar refractivity (Wildman–Crippen MR) is 44.5 cm³/mol. The predicted octanol–water partition coefficient (Wildman–Crippen LogP) is 1.64. The molecule has 92 valence electrons. The molecule has 0 aliphatic rings. The van der Waals surface area contributed by atoms with Crippen LogP contribution < -0.4 is 0 Å². The molecular weight excluding hydrogens is 212 g/mol. The summed E-state index contributed by atoms with van der Waals surface area (Å²) in [4.78, 5) is 8.80. The second-order valence-electron chi connectivity index (χ2n) is 2.90. The summed E-state index contributed by atoms with van der Waals surface area (Å²) < 4.78 is 0. The molecule has 0 unspecified atom stereocenters. The molecule has 0 fully saturated rings. The van der Waals surface area contributed by atoms with Crippen LogP contribution in [0.4, 0.5) is 0 Å². The smallest absolute Gasteiger partial charge is 0.0960 e. The van der Waals surface area contributed by atoms with Gasteiger partial charge in [-0.25, -0.2) is 15.0 Å². The summed E-state index contributed by atoms with van der Waals surface area (Å²) in [5, 5.41) is 30.4. The molecule has 0 aliphatic heterocycles. The molecule has 0 saturated carbocycles. The molecule has 0 saturated heterocycles. The fourth-order valence-electron chi connectivity index (χ4n) is 0.889. The molecule has 0 rings (SSSR count). The lowest BCUT2D eigenvalue weighted by Gasteiger charge is -2.14. The van der Waals surface area contributed by atoms with E-state index in [-0.39, 0.29) is 12.2 Å². The van der Waals surface area contributed by atoms with Gasteiger partial charge in [-0.05, 0) is 46.3 Å². The summed E-state index contributed by atoms with van der Waals surface area (Å²) in [6.45, 7) is 3.59. The van der Waals surface area contributed by atoms with E-state index < -0.39 is 0 Å². The summed E-state index contributed by atoms with van der Waals surface area (Å²) in [7, 11) is 0. The molecule has 15 heavy (non-hydrogen) atoms. The summed E-state index contributed by atoms with van der Waals surface area (Å²) in [5.41, 5.74) is 0. The normalized spacial score (nSPS) is 15.2. The van der Waals surface area contributed by atoms with Crippen molar-refractivity contribution in [1.82, 2.24) is 0 Å². The quantitative estimate of drug-likeness (QED) is 0.331. The van der Waals surface area contributed by atoms with Gasteiger partial charge in [0.2, 0.25) is 0 Å². The number of rotatable bonds is 10. The Kier molecular flexibility index (Phi) is 9.99. The molecule has 0 aliphatic carbocycles. The molecule has 2 atom stereocenters. The molecule has 0 aromatic rings. The van der Waals surface area contributed by atoms with E-state index in [1.807, 2.05) is 6.92 Å². The molecule has 8 nitrogen and oxygen atoms in total. The van der Waals surface area contributed by atoms with Crippen LogP contribution in [0.3, 0.4) is 0 Å². The van der Waals surface area contributed by atoms with Crippen molar-refractivity contribution in [3.8, 4) is 0 Å². The fourth-order valence-corrected chi connectivity index (χ4v) is 0.889. The van der Waals surface area contributed by atoms with Gasteiger partial charge in [-0.15, -0.1) is 0 Å². The molecular formula is C7H16O8. The van der Waals surface area contributed by atoms with Crippen LogP contribution >= 0.6 is 0 Å². The lowest BCUT2D eigenvalue weighted by molar-refractivity contribution is -0.756. The van der Waals surface area contributed by atoms with Crippen LogP contribution in [0.15, 0.2) is 0 Å². The lowest BCUT2D eigenvalue weighted by atomic mass is 10.1. The first kappa shape index (κ1) is 14.7. The van der Waals surface area contributed by atoms with Crippen LogP contribution in [0.25, 0.3) is 0 Å². The van der Waals surface area contributed by atoms with E-state index in [1.54, 1.807) is 6.92 Å². The second-order valence-corrected chi connectivity index (χ2v) is 2.90. The molecule has 0 aromatic heterocycles. The van der Waals surface area contributed by atoms with Gasteiger partial charge in [-0.2, -0.15) is 0 Å². The highest BCUT2D eigenvalue weighted by molar-refractivity contribution is 4.57. The van der Waals surface area contributed by atoms with Gasteiger partial charge in [0.05, 0.1) is 12.2 Å². The highest BCUT2D eigenvalue weighted by atomic mass is 17.8. The van der Waals surface area contributed by atoms with E-state index in [0.29, 0.717) is 19.3 Å². The Labute approximate surface area is 86.8 Å². The Morgan fingerprint density at radius 3 is 2.33 bits per heavy atom.